The molecule has 3 heteroatoms. The van der Waals surface area contributed by atoms with Crippen LogP contribution in [0.4, 0.5) is 0 Å². The maximum Gasteiger partial charge on any atom is 0.0628 e. The first kappa shape index (κ1) is 8.68. The van der Waals surface area contributed by atoms with E-state index in [1.807, 2.05) is 0 Å². The van der Waals surface area contributed by atoms with Crippen LogP contribution in [0.3, 0.4) is 0 Å². The van der Waals surface area contributed by atoms with Crippen molar-refractivity contribution in [2.24, 2.45) is 0 Å². The summed E-state index contributed by atoms with van der Waals surface area (Å²) in [6, 6.07) is 1.73. The van der Waals surface area contributed by atoms with Crippen LogP contribution in [-0.4, -0.2) is 0 Å². The van der Waals surface area contributed by atoms with Crippen LogP contribution in [0.25, 0.3) is 0 Å². The maximum absolute atomic E-state index is 6.02. The molecule has 1 aromatic carbocycles. The highest BCUT2D eigenvalue weighted by Gasteiger charge is 2.19. The Balaban J connectivity index is 2.69. The maximum atomic E-state index is 6.02. The molecule has 1 aliphatic rings. The SMILES string of the molecule is Clc1cc(Cl)c2c(c1Cl)CCC2. The monoisotopic (exact) mass is 220 g/mol. The van der Waals surface area contributed by atoms with Gasteiger partial charge in [-0.15, -0.1) is 0 Å². The topological polar surface area (TPSA) is 0 Å². The number of hydrogen-bond donors (Lipinski definition) is 0. The molecule has 0 fully saturated rings. The van der Waals surface area contributed by atoms with Crippen LogP contribution in [0.1, 0.15) is 17.5 Å². The van der Waals surface area contributed by atoms with Gasteiger partial charge in [0.2, 0.25) is 0 Å². The zero-order valence-electron chi connectivity index (χ0n) is 6.33. The lowest BCUT2D eigenvalue weighted by Gasteiger charge is -2.05. The van der Waals surface area contributed by atoms with Crippen molar-refractivity contribution in [3.63, 3.8) is 0 Å². The van der Waals surface area contributed by atoms with E-state index in [9.17, 15) is 0 Å². The fraction of sp³-hybridized carbons (Fsp3) is 0.333. The van der Waals surface area contributed by atoms with Gasteiger partial charge in [-0.3, -0.25) is 0 Å². The molecule has 0 atom stereocenters. The second kappa shape index (κ2) is 3.10. The van der Waals surface area contributed by atoms with Crippen molar-refractivity contribution >= 4 is 34.8 Å². The Morgan fingerprint density at radius 2 is 1.58 bits per heavy atom. The summed E-state index contributed by atoms with van der Waals surface area (Å²) in [6.45, 7) is 0. The third-order valence-corrected chi connectivity index (χ3v) is 3.40. The van der Waals surface area contributed by atoms with Crippen molar-refractivity contribution < 1.29 is 0 Å². The minimum absolute atomic E-state index is 0.572. The first-order valence-electron chi connectivity index (χ1n) is 3.85. The molecule has 1 aromatic rings. The molecule has 0 nitrogen and oxygen atoms in total. The molecule has 0 amide bonds. The normalized spacial score (nSPS) is 14.9. The van der Waals surface area contributed by atoms with Gasteiger partial charge in [0.25, 0.3) is 0 Å². The molecule has 2 rings (SSSR count). The van der Waals surface area contributed by atoms with E-state index < -0.39 is 0 Å². The largest absolute Gasteiger partial charge is 0.0840 e. The highest BCUT2D eigenvalue weighted by Crippen LogP contribution is 2.38. The Morgan fingerprint density at radius 3 is 2.33 bits per heavy atom. The molecule has 0 aromatic heterocycles. The van der Waals surface area contributed by atoms with Crippen molar-refractivity contribution in [3.05, 3.63) is 32.3 Å². The van der Waals surface area contributed by atoms with E-state index in [2.05, 4.69) is 0 Å². The first-order valence-corrected chi connectivity index (χ1v) is 4.99. The van der Waals surface area contributed by atoms with Gasteiger partial charge in [-0.25, -0.2) is 0 Å². The van der Waals surface area contributed by atoms with Crippen molar-refractivity contribution in [2.45, 2.75) is 19.3 Å². The Morgan fingerprint density at radius 1 is 0.917 bits per heavy atom. The Bertz CT molecular complexity index is 331. The molecule has 0 N–H and O–H groups in total. The summed E-state index contributed by atoms with van der Waals surface area (Å²) < 4.78 is 0. The van der Waals surface area contributed by atoms with E-state index in [0.717, 1.165) is 29.8 Å². The number of rotatable bonds is 0. The Kier molecular flexibility index (Phi) is 2.24. The highest BCUT2D eigenvalue weighted by atomic mass is 35.5. The standard InChI is InChI=1S/C9H7Cl3/c10-7-4-8(11)9(12)6-3-1-2-5(6)7/h4H,1-3H2. The fourth-order valence-electron chi connectivity index (χ4n) is 1.66. The van der Waals surface area contributed by atoms with Gasteiger partial charge in [0, 0.05) is 5.02 Å². The lowest BCUT2D eigenvalue weighted by atomic mass is 10.1. The van der Waals surface area contributed by atoms with Gasteiger partial charge in [0.15, 0.2) is 0 Å². The summed E-state index contributed by atoms with van der Waals surface area (Å²) in [7, 11) is 0. The van der Waals surface area contributed by atoms with Crippen LogP contribution in [0.15, 0.2) is 6.07 Å². The molecule has 0 bridgehead atoms. The predicted molar refractivity (Wildman–Crippen MR) is 53.5 cm³/mol. The predicted octanol–water partition coefficient (Wildman–Crippen LogP) is 4.14. The van der Waals surface area contributed by atoms with Crippen LogP contribution in [0, 0.1) is 0 Å². The number of fused-ring (bicyclic) bond motifs is 1. The van der Waals surface area contributed by atoms with Gasteiger partial charge in [0.05, 0.1) is 10.0 Å². The molecule has 64 valence electrons. The smallest absolute Gasteiger partial charge is 0.0628 e. The van der Waals surface area contributed by atoms with Crippen LogP contribution < -0.4 is 0 Å². The fourth-order valence-corrected chi connectivity index (χ4v) is 2.52. The molecule has 0 heterocycles. The molecule has 0 unspecified atom stereocenters. The molecule has 0 saturated heterocycles. The van der Waals surface area contributed by atoms with E-state index in [1.165, 1.54) is 5.56 Å². The van der Waals surface area contributed by atoms with Crippen LogP contribution >= 0.6 is 34.8 Å². The number of hydrogen-bond acceptors (Lipinski definition) is 0. The number of halogens is 3. The van der Waals surface area contributed by atoms with Gasteiger partial charge in [-0.2, -0.15) is 0 Å². The molecule has 1 aliphatic carbocycles. The lowest BCUT2D eigenvalue weighted by Crippen LogP contribution is -1.86. The highest BCUT2D eigenvalue weighted by molar-refractivity contribution is 6.44. The summed E-state index contributed by atoms with van der Waals surface area (Å²) in [5.74, 6) is 0. The van der Waals surface area contributed by atoms with Crippen LogP contribution in [-0.2, 0) is 12.8 Å². The summed E-state index contributed by atoms with van der Waals surface area (Å²) in [6.07, 6.45) is 3.18. The summed E-state index contributed by atoms with van der Waals surface area (Å²) >= 11 is 17.9. The summed E-state index contributed by atoms with van der Waals surface area (Å²) in [5, 5.41) is 2.02. The van der Waals surface area contributed by atoms with E-state index >= 15 is 0 Å². The summed E-state index contributed by atoms with van der Waals surface area (Å²) in [4.78, 5) is 0. The van der Waals surface area contributed by atoms with Gasteiger partial charge in [-0.1, -0.05) is 34.8 Å². The number of benzene rings is 1. The van der Waals surface area contributed by atoms with Crippen molar-refractivity contribution in [3.8, 4) is 0 Å². The van der Waals surface area contributed by atoms with Gasteiger partial charge >= 0.3 is 0 Å². The average molecular weight is 222 g/mol. The molecular weight excluding hydrogens is 214 g/mol. The second-order valence-electron chi connectivity index (χ2n) is 2.96. The molecule has 0 aliphatic heterocycles. The minimum Gasteiger partial charge on any atom is -0.0840 e. The van der Waals surface area contributed by atoms with E-state index in [4.69, 9.17) is 34.8 Å². The van der Waals surface area contributed by atoms with Crippen LogP contribution in [0.5, 0.6) is 0 Å². The third-order valence-electron chi connectivity index (χ3n) is 2.23. The first-order chi connectivity index (χ1) is 5.70. The van der Waals surface area contributed by atoms with Crippen molar-refractivity contribution in [2.75, 3.05) is 0 Å². The average Bonchev–Trinajstić information content (AvgIpc) is 2.48. The lowest BCUT2D eigenvalue weighted by molar-refractivity contribution is 0.912. The molecular formula is C9H7Cl3. The van der Waals surface area contributed by atoms with Crippen molar-refractivity contribution in [1.82, 2.24) is 0 Å². The zero-order valence-corrected chi connectivity index (χ0v) is 8.60. The quantitative estimate of drug-likeness (QED) is 0.578. The Hall–Kier alpha value is 0.0900. The summed E-state index contributed by atoms with van der Waals surface area (Å²) in [5.41, 5.74) is 2.33. The molecule has 0 spiro atoms. The third kappa shape index (κ3) is 1.22. The molecule has 0 radical (unpaired) electrons. The Labute approximate surface area is 86.4 Å². The minimum atomic E-state index is 0.572. The molecule has 12 heavy (non-hydrogen) atoms. The zero-order chi connectivity index (χ0) is 8.72. The second-order valence-corrected chi connectivity index (χ2v) is 4.16. The van der Waals surface area contributed by atoms with Gasteiger partial charge < -0.3 is 0 Å². The van der Waals surface area contributed by atoms with Gasteiger partial charge in [-0.05, 0) is 36.5 Å². The van der Waals surface area contributed by atoms with Gasteiger partial charge in [0.1, 0.15) is 0 Å². The van der Waals surface area contributed by atoms with E-state index in [1.54, 1.807) is 6.07 Å². The molecule has 0 saturated carbocycles. The van der Waals surface area contributed by atoms with Crippen LogP contribution in [0.2, 0.25) is 15.1 Å². The van der Waals surface area contributed by atoms with E-state index in [0.29, 0.717) is 10.0 Å². The van der Waals surface area contributed by atoms with Crippen molar-refractivity contribution in [1.29, 1.82) is 0 Å². The van der Waals surface area contributed by atoms with E-state index in [-0.39, 0.29) is 0 Å².